The molecule has 2 aromatic carbocycles. The third kappa shape index (κ3) is 7.08. The van der Waals surface area contributed by atoms with Gasteiger partial charge in [-0.05, 0) is 12.5 Å². The minimum Gasteiger partial charge on any atom is -0.335 e. The number of hydrogen-bond acceptors (Lipinski definition) is 11. The number of hydrogen-bond donors (Lipinski definition) is 2. The van der Waals surface area contributed by atoms with Gasteiger partial charge in [-0.1, -0.05) is 23.1 Å². The molecule has 208 valence electrons. The average molecular weight is 618 g/mol. The van der Waals surface area contributed by atoms with Crippen LogP contribution in [0.4, 0.5) is 17.1 Å². The Morgan fingerprint density at radius 2 is 1.54 bits per heavy atom. The molecule has 0 amide bonds. The average Bonchev–Trinajstić information content (AvgIpc) is 3.34. The van der Waals surface area contributed by atoms with E-state index in [1.165, 1.54) is 47.4 Å². The predicted molar refractivity (Wildman–Crippen MR) is 145 cm³/mol. The van der Waals surface area contributed by atoms with Crippen molar-refractivity contribution < 1.29 is 40.4 Å². The second-order valence-corrected chi connectivity index (χ2v) is 13.7. The normalized spacial score (nSPS) is 14.7. The molecule has 0 aliphatic carbocycles. The molecule has 1 aliphatic rings. The van der Waals surface area contributed by atoms with Crippen molar-refractivity contribution in [3.05, 3.63) is 66.7 Å². The summed E-state index contributed by atoms with van der Waals surface area (Å²) in [5.74, 6) is -0.988. The van der Waals surface area contributed by atoms with Crippen LogP contribution in [0.1, 0.15) is 17.8 Å². The summed E-state index contributed by atoms with van der Waals surface area (Å²) in [6, 6.07) is 8.53. The van der Waals surface area contributed by atoms with Gasteiger partial charge in [-0.3, -0.25) is 29.3 Å². The maximum atomic E-state index is 11.3. The van der Waals surface area contributed by atoms with Crippen LogP contribution in [0, 0.1) is 20.2 Å². The highest BCUT2D eigenvalue weighted by atomic mass is 32.2. The van der Waals surface area contributed by atoms with Gasteiger partial charge in [0.25, 0.3) is 36.6 Å². The molecule has 0 bridgehead atoms. The number of thioether (sulfide) groups is 1. The molecule has 0 saturated carbocycles. The second-order valence-electron chi connectivity index (χ2n) is 8.43. The van der Waals surface area contributed by atoms with Gasteiger partial charge in [0.15, 0.2) is 6.54 Å². The summed E-state index contributed by atoms with van der Waals surface area (Å²) in [5, 5.41) is 23.7. The number of nitro benzene ring substituents is 2. The van der Waals surface area contributed by atoms with Crippen LogP contribution in [-0.2, 0) is 26.8 Å². The Kier molecular flexibility index (Phi) is 8.24. The summed E-state index contributed by atoms with van der Waals surface area (Å²) in [6.45, 7) is 0.311. The molecule has 0 saturated heterocycles. The van der Waals surface area contributed by atoms with E-state index in [0.717, 1.165) is 0 Å². The van der Waals surface area contributed by atoms with Crippen LogP contribution in [0.3, 0.4) is 0 Å². The predicted octanol–water partition coefficient (Wildman–Crippen LogP) is 3.47. The van der Waals surface area contributed by atoms with Gasteiger partial charge in [0, 0.05) is 48.2 Å². The minimum absolute atomic E-state index is 0.0557. The molecule has 1 aromatic heterocycles. The van der Waals surface area contributed by atoms with Crippen LogP contribution >= 0.6 is 23.1 Å². The van der Waals surface area contributed by atoms with Crippen LogP contribution in [-0.4, -0.2) is 53.8 Å². The molecule has 1 aliphatic heterocycles. The largest absolute Gasteiger partial charge is 0.335 e. The third-order valence-corrected chi connectivity index (χ3v) is 9.46. The molecule has 4 rings (SSSR count). The van der Waals surface area contributed by atoms with Gasteiger partial charge in [-0.2, -0.15) is 21.4 Å². The first-order valence-corrected chi connectivity index (χ1v) is 16.0. The van der Waals surface area contributed by atoms with Gasteiger partial charge in [0.2, 0.25) is 5.52 Å². The van der Waals surface area contributed by atoms with E-state index in [2.05, 4.69) is 0 Å². The van der Waals surface area contributed by atoms with Crippen LogP contribution < -0.4 is 9.47 Å². The number of nitrogens with zero attached hydrogens (tertiary/aromatic N) is 4. The molecule has 0 atom stereocenters. The fourth-order valence-corrected chi connectivity index (χ4v) is 7.39. The highest BCUT2D eigenvalue weighted by Gasteiger charge is 2.30. The van der Waals surface area contributed by atoms with Crippen molar-refractivity contribution in [1.29, 1.82) is 0 Å². The maximum Gasteiger partial charge on any atom is 0.271 e. The second kappa shape index (κ2) is 11.1. The van der Waals surface area contributed by atoms with Gasteiger partial charge < -0.3 is 4.90 Å². The summed E-state index contributed by atoms with van der Waals surface area (Å²) >= 11 is 2.41. The lowest BCUT2D eigenvalue weighted by atomic mass is 10.2. The number of rotatable bonds is 11. The van der Waals surface area contributed by atoms with Crippen LogP contribution in [0.2, 0.25) is 0 Å². The molecule has 39 heavy (non-hydrogen) atoms. The standard InChI is InChI=1S/C21H20N4O10S4/c26-24(27)14-3-5-16-18(11-14)36-20(22(16)7-1-9-38(30,31)32)13-21-23(8-2-10-39(33,34)35)17-6-4-15(25(28)29)12-19(17)37-21/h3-6,11-13H,1-2,7-10H2,(H-,30,31,32,33,34,35)/p+1. The van der Waals surface area contributed by atoms with Crippen molar-refractivity contribution in [3.63, 3.8) is 0 Å². The molecule has 0 fully saturated rings. The van der Waals surface area contributed by atoms with Crippen LogP contribution in [0.25, 0.3) is 16.3 Å². The zero-order valence-corrected chi connectivity index (χ0v) is 23.1. The van der Waals surface area contributed by atoms with E-state index in [9.17, 15) is 37.1 Å². The number of anilines is 1. The van der Waals surface area contributed by atoms with E-state index in [-0.39, 0.29) is 37.3 Å². The van der Waals surface area contributed by atoms with Crippen molar-refractivity contribution in [1.82, 2.24) is 0 Å². The summed E-state index contributed by atoms with van der Waals surface area (Å²) < 4.78 is 65.7. The molecule has 14 nitrogen and oxygen atoms in total. The number of thiazole rings is 1. The van der Waals surface area contributed by atoms with Gasteiger partial charge in [-0.15, -0.1) is 0 Å². The Balaban J connectivity index is 1.78. The maximum absolute atomic E-state index is 11.3. The number of nitro groups is 2. The van der Waals surface area contributed by atoms with Crippen molar-refractivity contribution in [2.45, 2.75) is 24.3 Å². The van der Waals surface area contributed by atoms with Gasteiger partial charge >= 0.3 is 0 Å². The monoisotopic (exact) mass is 617 g/mol. The van der Waals surface area contributed by atoms with Crippen LogP contribution in [0.5, 0.6) is 0 Å². The van der Waals surface area contributed by atoms with Gasteiger partial charge in [0.05, 0.1) is 38.1 Å². The Hall–Kier alpha value is -3.16. The van der Waals surface area contributed by atoms with Crippen LogP contribution in [0.15, 0.2) is 46.3 Å². The highest BCUT2D eigenvalue weighted by molar-refractivity contribution is 8.04. The number of benzene rings is 2. The first-order valence-electron chi connectivity index (χ1n) is 11.2. The zero-order chi connectivity index (χ0) is 28.5. The zero-order valence-electron chi connectivity index (χ0n) is 19.9. The molecule has 2 N–H and O–H groups in total. The van der Waals surface area contributed by atoms with E-state index in [1.54, 1.807) is 27.7 Å². The van der Waals surface area contributed by atoms with Crippen molar-refractivity contribution >= 4 is 76.7 Å². The fourth-order valence-electron chi connectivity index (χ4n) is 4.01. The molecular formula is C21H21N4O10S4+. The Bertz CT molecular complexity index is 1720. The van der Waals surface area contributed by atoms with E-state index < -0.39 is 41.6 Å². The molecule has 18 heteroatoms. The Morgan fingerprint density at radius 3 is 2.18 bits per heavy atom. The van der Waals surface area contributed by atoms with Crippen molar-refractivity contribution in [2.75, 3.05) is 23.0 Å². The molecule has 3 aromatic rings. The lowest BCUT2D eigenvalue weighted by Gasteiger charge is -2.19. The van der Waals surface area contributed by atoms with E-state index in [0.29, 0.717) is 30.8 Å². The molecule has 0 unspecified atom stereocenters. The van der Waals surface area contributed by atoms with E-state index >= 15 is 0 Å². The van der Waals surface area contributed by atoms with E-state index in [1.807, 2.05) is 0 Å². The quantitative estimate of drug-likeness (QED) is 0.137. The number of aromatic nitrogens is 1. The minimum atomic E-state index is -4.21. The van der Waals surface area contributed by atoms with E-state index in [4.69, 9.17) is 9.11 Å². The highest BCUT2D eigenvalue weighted by Crippen LogP contribution is 2.48. The lowest BCUT2D eigenvalue weighted by molar-refractivity contribution is -0.668. The third-order valence-electron chi connectivity index (χ3n) is 5.67. The summed E-state index contributed by atoms with van der Waals surface area (Å²) in [6.07, 6.45) is 1.84. The molecule has 2 heterocycles. The Labute approximate surface area is 230 Å². The van der Waals surface area contributed by atoms with Crippen molar-refractivity contribution in [2.24, 2.45) is 0 Å². The number of fused-ring (bicyclic) bond motifs is 2. The smallest absolute Gasteiger partial charge is 0.271 e. The lowest BCUT2D eigenvalue weighted by Crippen LogP contribution is -2.36. The SMILES string of the molecule is O=[N+]([O-])c1ccc2c(c1)SC(=Cc1sc3cc([N+](=O)[O-])ccc3[n+]1CCCS(=O)(=O)O)N2CCCS(=O)(=O)O. The summed E-state index contributed by atoms with van der Waals surface area (Å²) in [5.41, 5.74) is 0.938. The molecule has 0 spiro atoms. The van der Waals surface area contributed by atoms with Crippen molar-refractivity contribution in [3.8, 4) is 0 Å². The Morgan fingerprint density at radius 1 is 0.923 bits per heavy atom. The fraction of sp³-hybridized carbons (Fsp3) is 0.286. The number of non-ortho nitro benzene ring substituents is 2. The summed E-state index contributed by atoms with van der Waals surface area (Å²) in [4.78, 5) is 23.8. The molecular weight excluding hydrogens is 597 g/mol. The first-order chi connectivity index (χ1) is 18.2. The van der Waals surface area contributed by atoms with Gasteiger partial charge in [0.1, 0.15) is 4.70 Å². The summed E-state index contributed by atoms with van der Waals surface area (Å²) in [7, 11) is -8.43. The topological polar surface area (TPSA) is 202 Å². The van der Waals surface area contributed by atoms with Gasteiger partial charge in [-0.25, -0.2) is 0 Å². The number of aryl methyl sites for hydroxylation is 1. The molecule has 0 radical (unpaired) electrons. The first kappa shape index (κ1) is 28.8.